The summed E-state index contributed by atoms with van der Waals surface area (Å²) in [6, 6.07) is 12.3. The Morgan fingerprint density at radius 3 is 2.17 bits per heavy atom. The zero-order valence-electron chi connectivity index (χ0n) is 17.5. The van der Waals surface area contributed by atoms with Crippen LogP contribution in [0.5, 0.6) is 0 Å². The molecule has 1 N–H and O–H groups in total. The van der Waals surface area contributed by atoms with Crippen molar-refractivity contribution in [2.24, 2.45) is 0 Å². The Bertz CT molecular complexity index is 977. The standard InChI is InChI=1S/C22H29N3O3S/c1-16(2)24-11-13-25(14-12-24)22(26)21-15-20(10-7-18(21)4)29(27,28)23-19-8-5-17(3)6-9-19/h5-10,15-16,23H,11-14H2,1-4H3. The van der Waals surface area contributed by atoms with Gasteiger partial charge in [-0.2, -0.15) is 0 Å². The van der Waals surface area contributed by atoms with Crippen LogP contribution in [0.3, 0.4) is 0 Å². The molecule has 1 aliphatic heterocycles. The number of nitrogens with zero attached hydrogens (tertiary/aromatic N) is 2. The van der Waals surface area contributed by atoms with Gasteiger partial charge in [-0.15, -0.1) is 0 Å². The van der Waals surface area contributed by atoms with Crippen molar-refractivity contribution in [2.45, 2.75) is 38.6 Å². The number of carbonyl (C=O) groups excluding carboxylic acids is 1. The first-order chi connectivity index (χ1) is 13.7. The van der Waals surface area contributed by atoms with Crippen LogP contribution in [0.4, 0.5) is 5.69 Å². The summed E-state index contributed by atoms with van der Waals surface area (Å²) in [6.07, 6.45) is 0. The second kappa shape index (κ2) is 8.55. The molecule has 1 heterocycles. The van der Waals surface area contributed by atoms with Crippen LogP contribution in [-0.4, -0.2) is 56.3 Å². The molecule has 6 nitrogen and oxygen atoms in total. The van der Waals surface area contributed by atoms with Crippen LogP contribution < -0.4 is 4.72 Å². The average Bonchev–Trinajstić information content (AvgIpc) is 2.69. The largest absolute Gasteiger partial charge is 0.336 e. The Labute approximate surface area is 173 Å². The third-order valence-corrected chi connectivity index (χ3v) is 6.76. The number of carbonyl (C=O) groups is 1. The summed E-state index contributed by atoms with van der Waals surface area (Å²) in [5.41, 5.74) is 2.76. The fourth-order valence-electron chi connectivity index (χ4n) is 3.45. The van der Waals surface area contributed by atoms with E-state index in [4.69, 9.17) is 0 Å². The zero-order valence-corrected chi connectivity index (χ0v) is 18.3. The number of hydrogen-bond donors (Lipinski definition) is 1. The maximum atomic E-state index is 13.1. The first-order valence-corrected chi connectivity index (χ1v) is 11.4. The summed E-state index contributed by atoms with van der Waals surface area (Å²) in [4.78, 5) is 17.3. The van der Waals surface area contributed by atoms with Crippen molar-refractivity contribution in [1.29, 1.82) is 0 Å². The van der Waals surface area contributed by atoms with Gasteiger partial charge in [-0.1, -0.05) is 23.8 Å². The van der Waals surface area contributed by atoms with Crippen molar-refractivity contribution in [3.05, 3.63) is 59.2 Å². The molecule has 0 aliphatic carbocycles. The highest BCUT2D eigenvalue weighted by Crippen LogP contribution is 2.21. The van der Waals surface area contributed by atoms with Gasteiger partial charge in [0, 0.05) is 43.5 Å². The van der Waals surface area contributed by atoms with E-state index in [1.165, 1.54) is 6.07 Å². The second-order valence-electron chi connectivity index (χ2n) is 7.87. The van der Waals surface area contributed by atoms with Crippen molar-refractivity contribution in [3.8, 4) is 0 Å². The van der Waals surface area contributed by atoms with Gasteiger partial charge in [-0.25, -0.2) is 8.42 Å². The highest BCUT2D eigenvalue weighted by atomic mass is 32.2. The van der Waals surface area contributed by atoms with Crippen LogP contribution in [-0.2, 0) is 10.0 Å². The van der Waals surface area contributed by atoms with Gasteiger partial charge in [-0.05, 0) is 57.5 Å². The molecule has 0 unspecified atom stereocenters. The van der Waals surface area contributed by atoms with E-state index < -0.39 is 10.0 Å². The lowest BCUT2D eigenvalue weighted by Crippen LogP contribution is -2.50. The molecule has 0 spiro atoms. The topological polar surface area (TPSA) is 69.7 Å². The Hall–Kier alpha value is -2.38. The van der Waals surface area contributed by atoms with E-state index in [0.717, 1.165) is 24.2 Å². The number of rotatable bonds is 5. The number of hydrogen-bond acceptors (Lipinski definition) is 4. The van der Waals surface area contributed by atoms with Crippen LogP contribution in [0.1, 0.15) is 35.3 Å². The molecule has 0 aromatic heterocycles. The molecule has 0 atom stereocenters. The van der Waals surface area contributed by atoms with Crippen molar-refractivity contribution < 1.29 is 13.2 Å². The number of piperazine rings is 1. The van der Waals surface area contributed by atoms with E-state index >= 15 is 0 Å². The molecule has 29 heavy (non-hydrogen) atoms. The lowest BCUT2D eigenvalue weighted by molar-refractivity contribution is 0.0594. The minimum atomic E-state index is -3.78. The third kappa shape index (κ3) is 4.97. The van der Waals surface area contributed by atoms with Crippen molar-refractivity contribution in [3.63, 3.8) is 0 Å². The number of benzene rings is 2. The van der Waals surface area contributed by atoms with Crippen LogP contribution in [0.15, 0.2) is 47.4 Å². The molecular weight excluding hydrogens is 386 g/mol. The highest BCUT2D eigenvalue weighted by Gasteiger charge is 2.25. The van der Waals surface area contributed by atoms with Crippen molar-refractivity contribution in [1.82, 2.24) is 9.80 Å². The van der Waals surface area contributed by atoms with Crippen LogP contribution in [0.25, 0.3) is 0 Å². The molecule has 2 aromatic rings. The molecule has 1 saturated heterocycles. The van der Waals surface area contributed by atoms with Gasteiger partial charge < -0.3 is 4.90 Å². The number of nitrogens with one attached hydrogen (secondary N) is 1. The number of amides is 1. The maximum Gasteiger partial charge on any atom is 0.261 e. The van der Waals surface area contributed by atoms with E-state index in [9.17, 15) is 13.2 Å². The second-order valence-corrected chi connectivity index (χ2v) is 9.55. The molecule has 0 radical (unpaired) electrons. The molecular formula is C22H29N3O3S. The van der Waals surface area contributed by atoms with Crippen molar-refractivity contribution in [2.75, 3.05) is 30.9 Å². The monoisotopic (exact) mass is 415 g/mol. The molecule has 7 heteroatoms. The lowest BCUT2D eigenvalue weighted by atomic mass is 10.1. The molecule has 1 aliphatic rings. The van der Waals surface area contributed by atoms with E-state index in [1.54, 1.807) is 24.3 Å². The summed E-state index contributed by atoms with van der Waals surface area (Å²) in [7, 11) is -3.78. The zero-order chi connectivity index (χ0) is 21.2. The Morgan fingerprint density at radius 2 is 1.59 bits per heavy atom. The van der Waals surface area contributed by atoms with E-state index in [1.807, 2.05) is 30.9 Å². The van der Waals surface area contributed by atoms with Crippen LogP contribution in [0.2, 0.25) is 0 Å². The van der Waals surface area contributed by atoms with Crippen LogP contribution in [0, 0.1) is 13.8 Å². The summed E-state index contributed by atoms with van der Waals surface area (Å²) in [5.74, 6) is -0.113. The van der Waals surface area contributed by atoms with Crippen LogP contribution >= 0.6 is 0 Å². The van der Waals surface area contributed by atoms with Crippen molar-refractivity contribution >= 4 is 21.6 Å². The molecule has 0 saturated carbocycles. The van der Waals surface area contributed by atoms with E-state index in [2.05, 4.69) is 23.5 Å². The fourth-order valence-corrected chi connectivity index (χ4v) is 4.53. The average molecular weight is 416 g/mol. The smallest absolute Gasteiger partial charge is 0.261 e. The minimum absolute atomic E-state index is 0.0906. The molecule has 1 fully saturated rings. The normalized spacial score (nSPS) is 15.6. The maximum absolute atomic E-state index is 13.1. The van der Waals surface area contributed by atoms with Gasteiger partial charge in [0.25, 0.3) is 15.9 Å². The Morgan fingerprint density at radius 1 is 0.966 bits per heavy atom. The van der Waals surface area contributed by atoms with Gasteiger partial charge >= 0.3 is 0 Å². The first kappa shape index (κ1) is 21.3. The third-order valence-electron chi connectivity index (χ3n) is 5.39. The lowest BCUT2D eigenvalue weighted by Gasteiger charge is -2.37. The van der Waals surface area contributed by atoms with E-state index in [0.29, 0.717) is 30.4 Å². The summed E-state index contributed by atoms with van der Waals surface area (Å²) < 4.78 is 28.2. The summed E-state index contributed by atoms with van der Waals surface area (Å²) in [6.45, 7) is 11.0. The van der Waals surface area contributed by atoms with Gasteiger partial charge in [0.2, 0.25) is 0 Å². The number of aryl methyl sites for hydroxylation is 2. The summed E-state index contributed by atoms with van der Waals surface area (Å²) >= 11 is 0. The first-order valence-electron chi connectivity index (χ1n) is 9.91. The predicted octanol–water partition coefficient (Wildman–Crippen LogP) is 3.27. The number of sulfonamides is 1. The molecule has 0 bridgehead atoms. The predicted molar refractivity (Wildman–Crippen MR) is 116 cm³/mol. The highest BCUT2D eigenvalue weighted by molar-refractivity contribution is 7.92. The molecule has 3 rings (SSSR count). The molecule has 1 amide bonds. The SMILES string of the molecule is Cc1ccc(NS(=O)(=O)c2ccc(C)c(C(=O)N3CCN(C(C)C)CC3)c2)cc1. The molecule has 2 aromatic carbocycles. The van der Waals surface area contributed by atoms with E-state index in [-0.39, 0.29) is 10.8 Å². The van der Waals surface area contributed by atoms with Gasteiger partial charge in [0.05, 0.1) is 4.90 Å². The Kier molecular flexibility index (Phi) is 6.29. The Balaban J connectivity index is 1.80. The number of anilines is 1. The summed E-state index contributed by atoms with van der Waals surface area (Å²) in [5, 5.41) is 0. The fraction of sp³-hybridized carbons (Fsp3) is 0.409. The minimum Gasteiger partial charge on any atom is -0.336 e. The quantitative estimate of drug-likeness (QED) is 0.814. The van der Waals surface area contributed by atoms with Gasteiger partial charge in [0.15, 0.2) is 0 Å². The van der Waals surface area contributed by atoms with Gasteiger partial charge in [-0.3, -0.25) is 14.4 Å². The van der Waals surface area contributed by atoms with Gasteiger partial charge in [0.1, 0.15) is 0 Å². The molecule has 156 valence electrons.